The van der Waals surface area contributed by atoms with Crippen LogP contribution in [-0.4, -0.2) is 5.91 Å². The van der Waals surface area contributed by atoms with Gasteiger partial charge in [-0.2, -0.15) is 0 Å². The van der Waals surface area contributed by atoms with E-state index in [0.29, 0.717) is 27.2 Å². The highest BCUT2D eigenvalue weighted by Crippen LogP contribution is 2.36. The number of carbonyl (C=O) groups excluding carboxylic acids is 1. The Labute approximate surface area is 183 Å². The molecule has 0 aliphatic rings. The second kappa shape index (κ2) is 8.11. The van der Waals surface area contributed by atoms with Gasteiger partial charge in [-0.1, -0.05) is 64.6 Å². The lowest BCUT2D eigenvalue weighted by Gasteiger charge is -2.07. The predicted molar refractivity (Wildman–Crippen MR) is 119 cm³/mol. The van der Waals surface area contributed by atoms with E-state index in [1.54, 1.807) is 24.3 Å². The molecule has 4 aromatic rings. The summed E-state index contributed by atoms with van der Waals surface area (Å²) in [6.07, 6.45) is 0. The zero-order chi connectivity index (χ0) is 20.5. The van der Waals surface area contributed by atoms with Gasteiger partial charge in [-0.3, -0.25) is 4.79 Å². The molecule has 0 fully saturated rings. The van der Waals surface area contributed by atoms with Crippen molar-refractivity contribution < 1.29 is 9.21 Å². The van der Waals surface area contributed by atoms with Crippen molar-refractivity contribution in [2.45, 2.75) is 13.5 Å². The van der Waals surface area contributed by atoms with Crippen LogP contribution in [0.25, 0.3) is 22.1 Å². The van der Waals surface area contributed by atoms with Crippen molar-refractivity contribution >= 4 is 51.7 Å². The van der Waals surface area contributed by atoms with Gasteiger partial charge in [0.05, 0.1) is 10.0 Å². The highest BCUT2D eigenvalue weighted by Gasteiger charge is 2.22. The molecule has 0 saturated heterocycles. The standard InChI is InChI=1S/C23H16Cl3NO2/c1-13-2-9-20-17(10-13)21(15-4-6-16(24)7-5-15)22(29-20)23(28)27-12-14-3-8-18(25)19(26)11-14/h2-11H,12H2,1H3,(H,27,28). The molecule has 1 amide bonds. The predicted octanol–water partition coefficient (Wildman–Crippen LogP) is 7.30. The summed E-state index contributed by atoms with van der Waals surface area (Å²) >= 11 is 18.0. The van der Waals surface area contributed by atoms with Crippen LogP contribution in [0.5, 0.6) is 0 Å². The first-order chi connectivity index (χ1) is 13.9. The fourth-order valence-corrected chi connectivity index (χ4v) is 3.63. The Balaban J connectivity index is 1.72. The van der Waals surface area contributed by atoms with Crippen molar-refractivity contribution in [3.63, 3.8) is 0 Å². The van der Waals surface area contributed by atoms with Crippen molar-refractivity contribution in [3.05, 3.63) is 92.6 Å². The second-order valence-corrected chi connectivity index (χ2v) is 7.99. The van der Waals surface area contributed by atoms with Crippen LogP contribution in [0.4, 0.5) is 0 Å². The Morgan fingerprint density at radius 2 is 1.69 bits per heavy atom. The average Bonchev–Trinajstić information content (AvgIpc) is 3.08. The lowest BCUT2D eigenvalue weighted by Crippen LogP contribution is -2.22. The number of fused-ring (bicyclic) bond motifs is 1. The largest absolute Gasteiger partial charge is 0.450 e. The number of furan rings is 1. The van der Waals surface area contributed by atoms with E-state index >= 15 is 0 Å². The number of carbonyl (C=O) groups is 1. The second-order valence-electron chi connectivity index (χ2n) is 6.74. The number of hydrogen-bond donors (Lipinski definition) is 1. The lowest BCUT2D eigenvalue weighted by molar-refractivity contribution is 0.0926. The van der Waals surface area contributed by atoms with Crippen LogP contribution in [0, 0.1) is 6.92 Å². The molecule has 1 aromatic heterocycles. The molecule has 3 aromatic carbocycles. The van der Waals surface area contributed by atoms with E-state index in [2.05, 4.69) is 5.32 Å². The highest BCUT2D eigenvalue weighted by molar-refractivity contribution is 6.42. The van der Waals surface area contributed by atoms with Crippen LogP contribution >= 0.6 is 34.8 Å². The van der Waals surface area contributed by atoms with Crippen molar-refractivity contribution in [1.82, 2.24) is 5.32 Å². The van der Waals surface area contributed by atoms with Gasteiger partial charge in [0, 0.05) is 22.5 Å². The number of hydrogen-bond acceptors (Lipinski definition) is 2. The molecule has 29 heavy (non-hydrogen) atoms. The van der Waals surface area contributed by atoms with Gasteiger partial charge in [-0.25, -0.2) is 0 Å². The molecule has 0 aliphatic carbocycles. The summed E-state index contributed by atoms with van der Waals surface area (Å²) in [7, 11) is 0. The van der Waals surface area contributed by atoms with Gasteiger partial charge in [-0.15, -0.1) is 0 Å². The van der Waals surface area contributed by atoms with Crippen LogP contribution in [0.3, 0.4) is 0 Å². The Bertz CT molecular complexity index is 1210. The monoisotopic (exact) mass is 443 g/mol. The third-order valence-electron chi connectivity index (χ3n) is 4.62. The Morgan fingerprint density at radius 3 is 2.41 bits per heavy atom. The van der Waals surface area contributed by atoms with E-state index in [0.717, 1.165) is 27.6 Å². The van der Waals surface area contributed by atoms with Gasteiger partial charge in [0.15, 0.2) is 0 Å². The van der Waals surface area contributed by atoms with Gasteiger partial charge in [0.25, 0.3) is 5.91 Å². The number of amides is 1. The quantitative estimate of drug-likeness (QED) is 0.359. The minimum atomic E-state index is -0.310. The maximum absolute atomic E-state index is 13.0. The van der Waals surface area contributed by atoms with Gasteiger partial charge in [0.2, 0.25) is 5.76 Å². The molecule has 0 bridgehead atoms. The summed E-state index contributed by atoms with van der Waals surface area (Å²) in [6.45, 7) is 2.30. The summed E-state index contributed by atoms with van der Waals surface area (Å²) < 4.78 is 5.94. The number of rotatable bonds is 4. The normalized spacial score (nSPS) is 11.0. The Morgan fingerprint density at radius 1 is 0.931 bits per heavy atom. The molecule has 1 N–H and O–H groups in total. The van der Waals surface area contributed by atoms with Crippen LogP contribution in [0.15, 0.2) is 65.1 Å². The van der Waals surface area contributed by atoms with E-state index < -0.39 is 0 Å². The summed E-state index contributed by atoms with van der Waals surface area (Å²) in [5, 5.41) is 5.32. The van der Waals surface area contributed by atoms with Crippen LogP contribution in [0.1, 0.15) is 21.7 Å². The van der Waals surface area contributed by atoms with E-state index in [1.165, 1.54) is 0 Å². The summed E-state index contributed by atoms with van der Waals surface area (Å²) in [5.41, 5.74) is 4.18. The minimum absolute atomic E-state index is 0.257. The summed E-state index contributed by atoms with van der Waals surface area (Å²) in [4.78, 5) is 13.0. The fraction of sp³-hybridized carbons (Fsp3) is 0.0870. The van der Waals surface area contributed by atoms with E-state index in [1.807, 2.05) is 43.3 Å². The van der Waals surface area contributed by atoms with Crippen LogP contribution in [-0.2, 0) is 6.54 Å². The maximum Gasteiger partial charge on any atom is 0.287 e. The fourth-order valence-electron chi connectivity index (χ4n) is 3.19. The van der Waals surface area contributed by atoms with Gasteiger partial charge in [0.1, 0.15) is 5.58 Å². The molecule has 3 nitrogen and oxygen atoms in total. The zero-order valence-electron chi connectivity index (χ0n) is 15.4. The zero-order valence-corrected chi connectivity index (χ0v) is 17.7. The maximum atomic E-state index is 13.0. The van der Waals surface area contributed by atoms with E-state index in [9.17, 15) is 4.79 Å². The molecule has 146 valence electrons. The van der Waals surface area contributed by atoms with E-state index in [-0.39, 0.29) is 11.7 Å². The van der Waals surface area contributed by atoms with Crippen molar-refractivity contribution in [2.75, 3.05) is 0 Å². The molecule has 4 rings (SSSR count). The summed E-state index contributed by atoms with van der Waals surface area (Å²) in [6, 6.07) is 18.4. The average molecular weight is 445 g/mol. The first kappa shape index (κ1) is 19.8. The third-order valence-corrected chi connectivity index (χ3v) is 5.61. The molecule has 0 saturated carbocycles. The van der Waals surface area contributed by atoms with Crippen LogP contribution < -0.4 is 5.32 Å². The lowest BCUT2D eigenvalue weighted by atomic mass is 10.0. The van der Waals surface area contributed by atoms with Crippen LogP contribution in [0.2, 0.25) is 15.1 Å². The topological polar surface area (TPSA) is 42.2 Å². The number of benzene rings is 3. The molecule has 0 radical (unpaired) electrons. The Hall–Kier alpha value is -2.46. The van der Waals surface area contributed by atoms with Gasteiger partial charge < -0.3 is 9.73 Å². The molecular weight excluding hydrogens is 429 g/mol. The van der Waals surface area contributed by atoms with Gasteiger partial charge in [-0.05, 0) is 54.4 Å². The molecule has 0 aliphatic heterocycles. The number of aryl methyl sites for hydroxylation is 1. The molecule has 1 heterocycles. The smallest absolute Gasteiger partial charge is 0.287 e. The number of halogens is 3. The van der Waals surface area contributed by atoms with Crippen molar-refractivity contribution in [3.8, 4) is 11.1 Å². The molecule has 0 spiro atoms. The van der Waals surface area contributed by atoms with Crippen molar-refractivity contribution in [1.29, 1.82) is 0 Å². The molecular formula is C23H16Cl3NO2. The summed E-state index contributed by atoms with van der Waals surface area (Å²) in [5.74, 6) is -0.0529. The number of nitrogens with one attached hydrogen (secondary N) is 1. The molecule has 0 unspecified atom stereocenters. The Kier molecular flexibility index (Phi) is 5.55. The third kappa shape index (κ3) is 4.13. The minimum Gasteiger partial charge on any atom is -0.450 e. The molecule has 6 heteroatoms. The highest BCUT2D eigenvalue weighted by atomic mass is 35.5. The van der Waals surface area contributed by atoms with Gasteiger partial charge >= 0.3 is 0 Å². The van der Waals surface area contributed by atoms with Crippen molar-refractivity contribution in [2.24, 2.45) is 0 Å². The first-order valence-corrected chi connectivity index (χ1v) is 10.1. The SMILES string of the molecule is Cc1ccc2oc(C(=O)NCc3ccc(Cl)c(Cl)c3)c(-c3ccc(Cl)cc3)c2c1. The first-order valence-electron chi connectivity index (χ1n) is 8.93. The van der Waals surface area contributed by atoms with E-state index in [4.69, 9.17) is 39.2 Å². The molecule has 0 atom stereocenters.